The van der Waals surface area contributed by atoms with Crippen LogP contribution in [0, 0.1) is 0 Å². The summed E-state index contributed by atoms with van der Waals surface area (Å²) in [5.74, 6) is 0. The number of anilines is 3. The van der Waals surface area contributed by atoms with Crippen molar-refractivity contribution in [1.29, 1.82) is 0 Å². The third-order valence-corrected chi connectivity index (χ3v) is 9.78. The maximum absolute atomic E-state index is 6.56. The number of nitrogens with zero attached hydrogens (tertiary/aromatic N) is 1. The van der Waals surface area contributed by atoms with E-state index in [1.165, 1.54) is 54.2 Å². The second-order valence-electron chi connectivity index (χ2n) is 12.6. The fraction of sp³-hybridized carbons (Fsp3) is 0. The van der Waals surface area contributed by atoms with Crippen molar-refractivity contribution in [3.63, 3.8) is 0 Å². The molecule has 0 saturated heterocycles. The molecule has 0 aliphatic rings. The minimum absolute atomic E-state index is 0.875. The van der Waals surface area contributed by atoms with Gasteiger partial charge in [0.05, 0.1) is 11.1 Å². The molecule has 0 aliphatic carbocycles. The number of hydrogen-bond acceptors (Lipinski definition) is 2. The van der Waals surface area contributed by atoms with Crippen LogP contribution < -0.4 is 4.90 Å². The Balaban J connectivity index is 1.27. The largest absolute Gasteiger partial charge is 0.456 e. The molecule has 0 saturated carbocycles. The first-order valence-electron chi connectivity index (χ1n) is 16.4. The van der Waals surface area contributed by atoms with Gasteiger partial charge in [-0.2, -0.15) is 0 Å². The van der Waals surface area contributed by atoms with Gasteiger partial charge < -0.3 is 9.32 Å². The third kappa shape index (κ3) is 4.20. The van der Waals surface area contributed by atoms with E-state index in [9.17, 15) is 0 Å². The van der Waals surface area contributed by atoms with Crippen molar-refractivity contribution in [3.8, 4) is 11.1 Å². The van der Waals surface area contributed by atoms with Gasteiger partial charge in [0.2, 0.25) is 0 Å². The van der Waals surface area contributed by atoms with Crippen LogP contribution in [0.3, 0.4) is 0 Å². The summed E-state index contributed by atoms with van der Waals surface area (Å²) in [5, 5.41) is 12.1. The van der Waals surface area contributed by atoms with Crippen LogP contribution in [-0.4, -0.2) is 0 Å². The Kier molecular flexibility index (Phi) is 5.91. The van der Waals surface area contributed by atoms with Gasteiger partial charge in [-0.15, -0.1) is 0 Å². The Morgan fingerprint density at radius 1 is 0.333 bits per heavy atom. The van der Waals surface area contributed by atoms with Crippen LogP contribution in [0.4, 0.5) is 17.1 Å². The molecule has 1 heterocycles. The first-order valence-corrected chi connectivity index (χ1v) is 16.4. The molecule has 0 spiro atoms. The fourth-order valence-corrected chi connectivity index (χ4v) is 7.51. The van der Waals surface area contributed by atoms with Crippen molar-refractivity contribution < 1.29 is 4.42 Å². The van der Waals surface area contributed by atoms with E-state index in [0.717, 1.165) is 39.0 Å². The Labute approximate surface area is 277 Å². The van der Waals surface area contributed by atoms with Crippen LogP contribution in [0.15, 0.2) is 180 Å². The van der Waals surface area contributed by atoms with Gasteiger partial charge in [-0.1, -0.05) is 127 Å². The zero-order chi connectivity index (χ0) is 31.6. The quantitative estimate of drug-likeness (QED) is 0.184. The van der Waals surface area contributed by atoms with Gasteiger partial charge in [0.15, 0.2) is 0 Å². The highest BCUT2D eigenvalue weighted by Crippen LogP contribution is 2.45. The van der Waals surface area contributed by atoms with Crippen molar-refractivity contribution in [3.05, 3.63) is 176 Å². The van der Waals surface area contributed by atoms with Crippen LogP contribution in [0.2, 0.25) is 0 Å². The van der Waals surface area contributed by atoms with Gasteiger partial charge in [0, 0.05) is 16.8 Å². The Hall–Kier alpha value is -6.38. The summed E-state index contributed by atoms with van der Waals surface area (Å²) >= 11 is 0. The smallest absolute Gasteiger partial charge is 0.137 e. The lowest BCUT2D eigenvalue weighted by molar-refractivity contribution is 0.669. The van der Waals surface area contributed by atoms with E-state index in [1.807, 2.05) is 0 Å². The molecule has 2 heteroatoms. The first kappa shape index (κ1) is 26.8. The Morgan fingerprint density at radius 3 is 1.83 bits per heavy atom. The molecule has 0 atom stereocenters. The molecule has 10 rings (SSSR count). The lowest BCUT2D eigenvalue weighted by Gasteiger charge is -2.27. The highest BCUT2D eigenvalue weighted by molar-refractivity contribution is 6.19. The topological polar surface area (TPSA) is 16.4 Å². The Bertz CT molecular complexity index is 2850. The molecule has 0 aliphatic heterocycles. The summed E-state index contributed by atoms with van der Waals surface area (Å²) in [6.45, 7) is 0. The van der Waals surface area contributed by atoms with E-state index in [0.29, 0.717) is 0 Å². The fourth-order valence-electron chi connectivity index (χ4n) is 7.51. The zero-order valence-electron chi connectivity index (χ0n) is 26.1. The van der Waals surface area contributed by atoms with Crippen LogP contribution in [0.5, 0.6) is 0 Å². The average Bonchev–Trinajstić information content (AvgIpc) is 3.52. The average molecular weight is 612 g/mol. The molecule has 0 radical (unpaired) electrons. The van der Waals surface area contributed by atoms with Crippen LogP contribution in [0.1, 0.15) is 0 Å². The highest BCUT2D eigenvalue weighted by Gasteiger charge is 2.21. The van der Waals surface area contributed by atoms with Gasteiger partial charge in [-0.05, 0) is 103 Å². The molecule has 0 N–H and O–H groups in total. The van der Waals surface area contributed by atoms with E-state index < -0.39 is 0 Å². The SMILES string of the molecule is c1ccc(-c2cccc(N(c3ccc4ccc5c6ccccc6ccc5c4c3)c3cccc4oc5cc6ccccc6cc5c34)c2)cc1. The standard InChI is InChI=1S/C46H29NO/c1-2-10-30(11-3-1)33-15-8-16-36(26-33)47(43-18-9-19-44-46(43)42-27-34-13-4-5-14-35(34)28-45(42)48-44)37-23-20-32-22-24-39-38-17-7-6-12-31(38)21-25-40(39)41(32)29-37/h1-29H. The van der Waals surface area contributed by atoms with Crippen molar-refractivity contribution in [2.24, 2.45) is 0 Å². The van der Waals surface area contributed by atoms with Gasteiger partial charge in [0.1, 0.15) is 11.2 Å². The first-order chi connectivity index (χ1) is 23.8. The van der Waals surface area contributed by atoms with Gasteiger partial charge in [-0.3, -0.25) is 0 Å². The summed E-state index contributed by atoms with van der Waals surface area (Å²) in [6.07, 6.45) is 0. The van der Waals surface area contributed by atoms with Crippen LogP contribution in [-0.2, 0) is 0 Å². The maximum atomic E-state index is 6.56. The lowest BCUT2D eigenvalue weighted by Crippen LogP contribution is -2.10. The molecule has 0 fully saturated rings. The normalized spacial score (nSPS) is 11.8. The molecule has 0 amide bonds. The molecule has 0 unspecified atom stereocenters. The number of fused-ring (bicyclic) bond motifs is 9. The molecule has 224 valence electrons. The zero-order valence-corrected chi connectivity index (χ0v) is 26.1. The molecule has 48 heavy (non-hydrogen) atoms. The lowest BCUT2D eigenvalue weighted by atomic mass is 9.96. The van der Waals surface area contributed by atoms with Crippen molar-refractivity contribution in [1.82, 2.24) is 0 Å². The minimum Gasteiger partial charge on any atom is -0.456 e. The summed E-state index contributed by atoms with van der Waals surface area (Å²) in [6, 6.07) is 63.4. The van der Waals surface area contributed by atoms with Crippen LogP contribution >= 0.6 is 0 Å². The molecular weight excluding hydrogens is 583 g/mol. The van der Waals surface area contributed by atoms with E-state index in [1.54, 1.807) is 0 Å². The highest BCUT2D eigenvalue weighted by atomic mass is 16.3. The summed E-state index contributed by atoms with van der Waals surface area (Å²) in [7, 11) is 0. The van der Waals surface area contributed by atoms with Gasteiger partial charge in [0.25, 0.3) is 0 Å². The molecular formula is C46H29NO. The van der Waals surface area contributed by atoms with E-state index in [4.69, 9.17) is 4.42 Å². The molecule has 2 nitrogen and oxygen atoms in total. The predicted molar refractivity (Wildman–Crippen MR) is 204 cm³/mol. The van der Waals surface area contributed by atoms with Gasteiger partial charge >= 0.3 is 0 Å². The van der Waals surface area contributed by atoms with Crippen LogP contribution in [0.25, 0.3) is 76.2 Å². The molecule has 10 aromatic rings. The number of benzene rings is 9. The number of rotatable bonds is 4. The summed E-state index contributed by atoms with van der Waals surface area (Å²) in [4.78, 5) is 2.40. The number of furan rings is 1. The van der Waals surface area contributed by atoms with E-state index in [-0.39, 0.29) is 0 Å². The maximum Gasteiger partial charge on any atom is 0.137 e. The molecule has 9 aromatic carbocycles. The van der Waals surface area contributed by atoms with Crippen molar-refractivity contribution >= 4 is 82.1 Å². The van der Waals surface area contributed by atoms with Crippen molar-refractivity contribution in [2.75, 3.05) is 4.90 Å². The van der Waals surface area contributed by atoms with Crippen molar-refractivity contribution in [2.45, 2.75) is 0 Å². The monoisotopic (exact) mass is 611 g/mol. The second kappa shape index (κ2) is 10.6. The van der Waals surface area contributed by atoms with E-state index in [2.05, 4.69) is 181 Å². The molecule has 1 aromatic heterocycles. The number of hydrogen-bond donors (Lipinski definition) is 0. The third-order valence-electron chi connectivity index (χ3n) is 9.78. The van der Waals surface area contributed by atoms with E-state index >= 15 is 0 Å². The second-order valence-corrected chi connectivity index (χ2v) is 12.6. The minimum atomic E-state index is 0.875. The van der Waals surface area contributed by atoms with Gasteiger partial charge in [-0.25, -0.2) is 0 Å². The Morgan fingerprint density at radius 2 is 0.979 bits per heavy atom. The molecule has 0 bridgehead atoms. The summed E-state index contributed by atoms with van der Waals surface area (Å²) < 4.78 is 6.56. The summed E-state index contributed by atoms with van der Waals surface area (Å²) in [5.41, 5.74) is 7.39. The predicted octanol–water partition coefficient (Wildman–Crippen LogP) is 13.3.